The molecule has 2 aliphatic rings. The van der Waals surface area contributed by atoms with Crippen molar-refractivity contribution in [1.29, 1.82) is 0 Å². The van der Waals surface area contributed by atoms with Crippen LogP contribution in [0.25, 0.3) is 0 Å². The Kier molecular flexibility index (Phi) is 13.0. The molecule has 1 saturated carbocycles. The molecule has 0 bridgehead atoms. The lowest BCUT2D eigenvalue weighted by atomic mass is 9.78. The van der Waals surface area contributed by atoms with Gasteiger partial charge >= 0.3 is 5.97 Å². The number of esters is 1. The number of hydrogen-bond donors (Lipinski definition) is 0. The van der Waals surface area contributed by atoms with Crippen LogP contribution in [-0.2, 0) is 11.2 Å². The minimum Gasteiger partial charge on any atom is -0.426 e. The molecule has 0 amide bonds. The van der Waals surface area contributed by atoms with Crippen molar-refractivity contribution in [2.24, 2.45) is 17.8 Å². The zero-order valence-electron chi connectivity index (χ0n) is 22.9. The highest BCUT2D eigenvalue weighted by Crippen LogP contribution is 2.34. The van der Waals surface area contributed by atoms with E-state index in [0.29, 0.717) is 5.75 Å². The number of rotatable bonds is 15. The zero-order valence-corrected chi connectivity index (χ0v) is 22.9. The summed E-state index contributed by atoms with van der Waals surface area (Å²) in [5.74, 6) is 2.57. The fourth-order valence-corrected chi connectivity index (χ4v) is 6.07. The molecule has 2 heteroatoms. The Morgan fingerprint density at radius 3 is 2.09 bits per heavy atom. The van der Waals surface area contributed by atoms with E-state index in [-0.39, 0.29) is 11.9 Å². The highest BCUT2D eigenvalue weighted by atomic mass is 16.5. The lowest BCUT2D eigenvalue weighted by Crippen LogP contribution is -2.22. The Balaban J connectivity index is 1.31. The number of hydrogen-bond acceptors (Lipinski definition) is 2. The Labute approximate surface area is 216 Å². The summed E-state index contributed by atoms with van der Waals surface area (Å²) in [5.41, 5.74) is 2.93. The van der Waals surface area contributed by atoms with E-state index in [9.17, 15) is 4.79 Å². The summed E-state index contributed by atoms with van der Waals surface area (Å²) >= 11 is 0. The predicted octanol–water partition coefficient (Wildman–Crippen LogP) is 10.00. The Morgan fingerprint density at radius 1 is 0.771 bits per heavy atom. The average molecular weight is 481 g/mol. The molecule has 1 atom stereocenters. The molecule has 0 heterocycles. The number of allylic oxidation sites excluding steroid dienone is 2. The van der Waals surface area contributed by atoms with Gasteiger partial charge in [0, 0.05) is 0 Å². The van der Waals surface area contributed by atoms with Crippen molar-refractivity contribution in [3.63, 3.8) is 0 Å². The molecule has 35 heavy (non-hydrogen) atoms. The molecular weight excluding hydrogens is 428 g/mol. The van der Waals surface area contributed by atoms with Crippen LogP contribution >= 0.6 is 0 Å². The van der Waals surface area contributed by atoms with Crippen LogP contribution in [0, 0.1) is 17.8 Å². The minimum absolute atomic E-state index is 0.0237. The van der Waals surface area contributed by atoms with Crippen LogP contribution < -0.4 is 4.74 Å². The van der Waals surface area contributed by atoms with Crippen molar-refractivity contribution in [3.8, 4) is 5.75 Å². The first-order chi connectivity index (χ1) is 17.2. The van der Waals surface area contributed by atoms with Gasteiger partial charge in [0.15, 0.2) is 0 Å². The maximum atomic E-state index is 12.7. The van der Waals surface area contributed by atoms with Crippen molar-refractivity contribution in [2.75, 3.05) is 0 Å². The summed E-state index contributed by atoms with van der Waals surface area (Å²) in [6, 6.07) is 8.32. The molecule has 1 unspecified atom stereocenters. The maximum Gasteiger partial charge on any atom is 0.314 e. The van der Waals surface area contributed by atoms with E-state index in [0.717, 1.165) is 37.5 Å². The molecular formula is C33H52O2. The van der Waals surface area contributed by atoms with Gasteiger partial charge in [-0.3, -0.25) is 4.79 Å². The fraction of sp³-hybridized carbons (Fsp3) is 0.727. The number of unbranched alkanes of at least 4 members (excludes halogenated alkanes) is 6. The number of benzene rings is 1. The monoisotopic (exact) mass is 480 g/mol. The van der Waals surface area contributed by atoms with Crippen molar-refractivity contribution in [1.82, 2.24) is 0 Å². The van der Waals surface area contributed by atoms with Crippen LogP contribution in [0.15, 0.2) is 35.9 Å². The lowest BCUT2D eigenvalue weighted by molar-refractivity contribution is -0.139. The van der Waals surface area contributed by atoms with Gasteiger partial charge in [0.25, 0.3) is 0 Å². The SMILES string of the molecule is CCCCCCCC1=CCC(C(=O)Oc2ccc(CCC3CCC(CCCCC)CC3)cc2)CC1. The molecule has 2 nitrogen and oxygen atoms in total. The first-order valence-corrected chi connectivity index (χ1v) is 15.2. The molecule has 1 fully saturated rings. The second kappa shape index (κ2) is 16.2. The van der Waals surface area contributed by atoms with Crippen LogP contribution in [0.5, 0.6) is 5.75 Å². The summed E-state index contributed by atoms with van der Waals surface area (Å²) in [7, 11) is 0. The molecule has 0 aromatic heterocycles. The van der Waals surface area contributed by atoms with E-state index >= 15 is 0 Å². The molecule has 1 aromatic rings. The number of aryl methyl sites for hydroxylation is 1. The van der Waals surface area contributed by atoms with Crippen LogP contribution in [-0.4, -0.2) is 5.97 Å². The molecule has 0 saturated heterocycles. The standard InChI is InChI=1S/C33H52O2/c1-3-5-7-8-10-12-28-19-23-31(24-20-28)33(34)35-32-25-21-30(22-26-32)18-17-29-15-13-27(14-16-29)11-9-6-4-2/h19,21-22,25-27,29,31H,3-18,20,23-24H2,1-2H3. The summed E-state index contributed by atoms with van der Waals surface area (Å²) in [4.78, 5) is 12.7. The Hall–Kier alpha value is -1.57. The Bertz CT molecular complexity index is 739. The maximum absolute atomic E-state index is 12.7. The van der Waals surface area contributed by atoms with Gasteiger partial charge in [0.1, 0.15) is 5.75 Å². The molecule has 0 N–H and O–H groups in total. The summed E-state index contributed by atoms with van der Waals surface area (Å²) in [5, 5.41) is 0. The predicted molar refractivity (Wildman–Crippen MR) is 149 cm³/mol. The second-order valence-corrected chi connectivity index (χ2v) is 11.5. The smallest absolute Gasteiger partial charge is 0.314 e. The molecule has 2 aliphatic carbocycles. The summed E-state index contributed by atoms with van der Waals surface area (Å²) in [6.07, 6.45) is 26.9. The van der Waals surface area contributed by atoms with Crippen LogP contribution in [0.1, 0.15) is 135 Å². The van der Waals surface area contributed by atoms with E-state index in [1.807, 2.05) is 12.1 Å². The highest BCUT2D eigenvalue weighted by molar-refractivity contribution is 5.75. The highest BCUT2D eigenvalue weighted by Gasteiger charge is 2.24. The second-order valence-electron chi connectivity index (χ2n) is 11.5. The van der Waals surface area contributed by atoms with Crippen LogP contribution in [0.2, 0.25) is 0 Å². The molecule has 0 radical (unpaired) electrons. The minimum atomic E-state index is -0.0494. The van der Waals surface area contributed by atoms with Crippen molar-refractivity contribution >= 4 is 5.97 Å². The summed E-state index contributed by atoms with van der Waals surface area (Å²) < 4.78 is 5.75. The van der Waals surface area contributed by atoms with E-state index < -0.39 is 0 Å². The third-order valence-corrected chi connectivity index (χ3v) is 8.61. The molecule has 196 valence electrons. The Morgan fingerprint density at radius 2 is 1.43 bits per heavy atom. The van der Waals surface area contributed by atoms with Crippen molar-refractivity contribution in [3.05, 3.63) is 41.5 Å². The first kappa shape index (κ1) is 28.0. The third-order valence-electron chi connectivity index (χ3n) is 8.61. The van der Waals surface area contributed by atoms with Gasteiger partial charge in [0.05, 0.1) is 5.92 Å². The van der Waals surface area contributed by atoms with Crippen LogP contribution in [0.3, 0.4) is 0 Å². The van der Waals surface area contributed by atoms with Crippen LogP contribution in [0.4, 0.5) is 0 Å². The van der Waals surface area contributed by atoms with E-state index in [2.05, 4.69) is 32.1 Å². The van der Waals surface area contributed by atoms with Gasteiger partial charge in [-0.25, -0.2) is 0 Å². The third kappa shape index (κ3) is 10.5. The first-order valence-electron chi connectivity index (χ1n) is 15.2. The van der Waals surface area contributed by atoms with Gasteiger partial charge < -0.3 is 4.74 Å². The summed E-state index contributed by atoms with van der Waals surface area (Å²) in [6.45, 7) is 4.56. The van der Waals surface area contributed by atoms with E-state index in [4.69, 9.17) is 4.74 Å². The van der Waals surface area contributed by atoms with Gasteiger partial charge in [0.2, 0.25) is 0 Å². The zero-order chi connectivity index (χ0) is 24.7. The van der Waals surface area contributed by atoms with E-state index in [1.54, 1.807) is 5.57 Å². The van der Waals surface area contributed by atoms with E-state index in [1.165, 1.54) is 102 Å². The lowest BCUT2D eigenvalue weighted by Gasteiger charge is -2.28. The molecule has 0 spiro atoms. The average Bonchev–Trinajstić information content (AvgIpc) is 2.89. The number of ether oxygens (including phenoxy) is 1. The molecule has 1 aromatic carbocycles. The number of carbonyl (C=O) groups excluding carboxylic acids is 1. The van der Waals surface area contributed by atoms with Crippen molar-refractivity contribution < 1.29 is 9.53 Å². The molecule has 0 aliphatic heterocycles. The number of carbonyl (C=O) groups is 1. The normalized spacial score (nSPS) is 22.6. The van der Waals surface area contributed by atoms with Gasteiger partial charge in [-0.2, -0.15) is 0 Å². The fourth-order valence-electron chi connectivity index (χ4n) is 6.07. The molecule has 3 rings (SSSR count). The topological polar surface area (TPSA) is 26.3 Å². The largest absolute Gasteiger partial charge is 0.426 e. The quantitative estimate of drug-likeness (QED) is 0.108. The van der Waals surface area contributed by atoms with Gasteiger partial charge in [-0.15, -0.1) is 0 Å². The van der Waals surface area contributed by atoms with Gasteiger partial charge in [-0.05, 0) is 74.5 Å². The van der Waals surface area contributed by atoms with Crippen molar-refractivity contribution in [2.45, 2.75) is 136 Å². The van der Waals surface area contributed by atoms with Gasteiger partial charge in [-0.1, -0.05) is 115 Å².